The third kappa shape index (κ3) is 2.87. The number of Topliss-reactive ketones (excluding diaryl/α,β-unsaturated/α-hetero) is 1. The molecule has 1 unspecified atom stereocenters. The van der Waals surface area contributed by atoms with Crippen LogP contribution in [-0.4, -0.2) is 30.9 Å². The van der Waals surface area contributed by atoms with Crippen molar-refractivity contribution in [1.29, 1.82) is 0 Å². The van der Waals surface area contributed by atoms with Crippen molar-refractivity contribution >= 4 is 17.1 Å². The minimum absolute atomic E-state index is 0.152. The molecule has 1 atom stereocenters. The van der Waals surface area contributed by atoms with Gasteiger partial charge in [0.05, 0.1) is 13.7 Å². The van der Waals surface area contributed by atoms with Crippen LogP contribution in [0.3, 0.4) is 0 Å². The van der Waals surface area contributed by atoms with Crippen molar-refractivity contribution in [3.63, 3.8) is 0 Å². The van der Waals surface area contributed by atoms with Crippen LogP contribution in [0, 0.1) is 0 Å². The third-order valence-corrected chi connectivity index (χ3v) is 5.14. The molecule has 0 fully saturated rings. The maximum absolute atomic E-state index is 12.5. The maximum Gasteiger partial charge on any atom is 0.176 e. The summed E-state index contributed by atoms with van der Waals surface area (Å²) in [6.07, 6.45) is 1.04. The average molecular weight is 301 g/mol. The first-order valence-corrected chi connectivity index (χ1v) is 8.04. The van der Waals surface area contributed by atoms with Gasteiger partial charge in [0, 0.05) is 23.0 Å². The number of benzene rings is 1. The van der Waals surface area contributed by atoms with Crippen LogP contribution in [0.4, 0.5) is 0 Å². The van der Waals surface area contributed by atoms with Crippen LogP contribution < -0.4 is 4.74 Å². The number of ketones is 1. The molecule has 2 aromatic rings. The molecule has 1 aliphatic rings. The highest BCUT2D eigenvalue weighted by Crippen LogP contribution is 2.32. The smallest absolute Gasteiger partial charge is 0.176 e. The van der Waals surface area contributed by atoms with Gasteiger partial charge in [0.15, 0.2) is 5.78 Å². The number of rotatable bonds is 4. The Hall–Kier alpha value is -1.65. The topological polar surface area (TPSA) is 29.5 Å². The molecule has 21 heavy (non-hydrogen) atoms. The number of ether oxygens (including phenoxy) is 1. The van der Waals surface area contributed by atoms with Crippen molar-refractivity contribution < 1.29 is 9.53 Å². The van der Waals surface area contributed by atoms with Gasteiger partial charge < -0.3 is 4.74 Å². The Morgan fingerprint density at radius 2 is 2.29 bits per heavy atom. The van der Waals surface area contributed by atoms with Crippen LogP contribution in [0.25, 0.3) is 0 Å². The fourth-order valence-corrected chi connectivity index (χ4v) is 3.81. The van der Waals surface area contributed by atoms with Gasteiger partial charge in [-0.05, 0) is 42.5 Å². The van der Waals surface area contributed by atoms with Gasteiger partial charge >= 0.3 is 0 Å². The summed E-state index contributed by atoms with van der Waals surface area (Å²) in [5.41, 5.74) is 2.10. The number of carbonyl (C=O) groups excluding carboxylic acids is 1. The van der Waals surface area contributed by atoms with E-state index in [0.29, 0.717) is 12.6 Å². The molecule has 0 saturated heterocycles. The number of nitrogens with zero attached hydrogens (tertiary/aromatic N) is 1. The van der Waals surface area contributed by atoms with Crippen LogP contribution in [-0.2, 0) is 6.42 Å². The van der Waals surface area contributed by atoms with Crippen molar-refractivity contribution in [3.8, 4) is 5.75 Å². The third-order valence-electron chi connectivity index (χ3n) is 4.14. The number of thiophene rings is 1. The first-order chi connectivity index (χ1) is 10.2. The molecule has 1 aromatic heterocycles. The van der Waals surface area contributed by atoms with Crippen LogP contribution in [0.2, 0.25) is 0 Å². The quantitative estimate of drug-likeness (QED) is 0.809. The Morgan fingerprint density at radius 3 is 3.10 bits per heavy atom. The van der Waals surface area contributed by atoms with Crippen LogP contribution in [0.1, 0.15) is 33.8 Å². The molecule has 1 aromatic carbocycles. The van der Waals surface area contributed by atoms with Crippen molar-refractivity contribution in [2.24, 2.45) is 0 Å². The van der Waals surface area contributed by atoms with Gasteiger partial charge in [-0.25, -0.2) is 0 Å². The van der Waals surface area contributed by atoms with Gasteiger partial charge in [-0.1, -0.05) is 12.1 Å². The second kappa shape index (κ2) is 6.00. The summed E-state index contributed by atoms with van der Waals surface area (Å²) in [5, 5.41) is 2.15. The van der Waals surface area contributed by atoms with Crippen LogP contribution >= 0.6 is 11.3 Å². The lowest BCUT2D eigenvalue weighted by molar-refractivity contribution is 0.0891. The van der Waals surface area contributed by atoms with E-state index in [4.69, 9.17) is 4.74 Å². The summed E-state index contributed by atoms with van der Waals surface area (Å²) in [4.78, 5) is 16.2. The van der Waals surface area contributed by atoms with E-state index in [1.807, 2.05) is 35.6 Å². The van der Waals surface area contributed by atoms with E-state index in [-0.39, 0.29) is 5.78 Å². The summed E-state index contributed by atoms with van der Waals surface area (Å²) in [5.74, 6) is 0.882. The maximum atomic E-state index is 12.5. The summed E-state index contributed by atoms with van der Waals surface area (Å²) in [7, 11) is 1.62. The molecular formula is C17H19NO2S. The molecule has 0 amide bonds. The number of fused-ring (bicyclic) bond motifs is 1. The Balaban J connectivity index is 1.73. The fourth-order valence-electron chi connectivity index (χ4n) is 2.85. The highest BCUT2D eigenvalue weighted by atomic mass is 32.1. The second-order valence-electron chi connectivity index (χ2n) is 5.35. The Kier molecular flexibility index (Phi) is 4.08. The lowest BCUT2D eigenvalue weighted by Crippen LogP contribution is -2.37. The highest BCUT2D eigenvalue weighted by molar-refractivity contribution is 7.10. The zero-order valence-electron chi connectivity index (χ0n) is 12.3. The largest absolute Gasteiger partial charge is 0.497 e. The lowest BCUT2D eigenvalue weighted by atomic mass is 10.0. The first-order valence-electron chi connectivity index (χ1n) is 7.16. The van der Waals surface area contributed by atoms with E-state index in [9.17, 15) is 4.79 Å². The Bertz CT molecular complexity index is 650. The first kappa shape index (κ1) is 14.3. The van der Waals surface area contributed by atoms with Gasteiger partial charge in [0.1, 0.15) is 5.75 Å². The minimum atomic E-state index is 0.152. The molecule has 3 nitrogen and oxygen atoms in total. The predicted molar refractivity (Wildman–Crippen MR) is 85.3 cm³/mol. The fraction of sp³-hybridized carbons (Fsp3) is 0.353. The molecule has 3 rings (SSSR count). The highest BCUT2D eigenvalue weighted by Gasteiger charge is 2.26. The van der Waals surface area contributed by atoms with E-state index in [1.54, 1.807) is 7.11 Å². The van der Waals surface area contributed by atoms with Gasteiger partial charge in [-0.3, -0.25) is 9.69 Å². The zero-order chi connectivity index (χ0) is 14.8. The molecule has 0 saturated carbocycles. The van der Waals surface area contributed by atoms with Gasteiger partial charge in [-0.15, -0.1) is 11.3 Å². The number of hydrogen-bond acceptors (Lipinski definition) is 4. The van der Waals surface area contributed by atoms with Crippen LogP contribution in [0.5, 0.6) is 5.75 Å². The molecule has 4 heteroatoms. The van der Waals surface area contributed by atoms with Crippen LogP contribution in [0.15, 0.2) is 35.7 Å². The molecule has 1 aliphatic heterocycles. The normalized spacial score (nSPS) is 18.3. The Morgan fingerprint density at radius 1 is 1.43 bits per heavy atom. The number of hydrogen-bond donors (Lipinski definition) is 0. The van der Waals surface area contributed by atoms with Crippen molar-refractivity contribution in [1.82, 2.24) is 4.90 Å². The average Bonchev–Trinajstić information content (AvgIpc) is 2.99. The number of carbonyl (C=O) groups is 1. The van der Waals surface area contributed by atoms with E-state index in [0.717, 1.165) is 24.3 Å². The van der Waals surface area contributed by atoms with Gasteiger partial charge in [0.25, 0.3) is 0 Å². The molecule has 110 valence electrons. The summed E-state index contributed by atoms with van der Waals surface area (Å²) < 4.78 is 5.19. The SMILES string of the molecule is COc1cccc(C(=O)CN2CCc3sccc3C2C)c1. The van der Waals surface area contributed by atoms with E-state index >= 15 is 0 Å². The zero-order valence-corrected chi connectivity index (χ0v) is 13.2. The minimum Gasteiger partial charge on any atom is -0.497 e. The molecule has 0 spiro atoms. The monoisotopic (exact) mass is 301 g/mol. The lowest BCUT2D eigenvalue weighted by Gasteiger charge is -2.33. The van der Waals surface area contributed by atoms with Crippen molar-refractivity contribution in [2.45, 2.75) is 19.4 Å². The predicted octanol–water partition coefficient (Wildman–Crippen LogP) is 3.56. The number of methoxy groups -OCH3 is 1. The summed E-state index contributed by atoms with van der Waals surface area (Å²) in [6, 6.07) is 9.89. The standard InChI is InChI=1S/C17H19NO2S/c1-12-15-7-9-21-17(15)6-8-18(12)11-16(19)13-4-3-5-14(10-13)20-2/h3-5,7,9-10,12H,6,8,11H2,1-2H3. The molecular weight excluding hydrogens is 282 g/mol. The van der Waals surface area contributed by atoms with Crippen molar-refractivity contribution in [2.75, 3.05) is 20.2 Å². The van der Waals surface area contributed by atoms with E-state index in [2.05, 4.69) is 23.3 Å². The molecule has 0 bridgehead atoms. The van der Waals surface area contributed by atoms with E-state index < -0.39 is 0 Å². The summed E-state index contributed by atoms with van der Waals surface area (Å²) in [6.45, 7) is 3.59. The van der Waals surface area contributed by atoms with Gasteiger partial charge in [-0.2, -0.15) is 0 Å². The molecule has 2 heterocycles. The molecule has 0 aliphatic carbocycles. The van der Waals surface area contributed by atoms with E-state index in [1.165, 1.54) is 10.4 Å². The van der Waals surface area contributed by atoms with Crippen molar-refractivity contribution in [3.05, 3.63) is 51.7 Å². The Labute approximate surface area is 129 Å². The molecule has 0 radical (unpaired) electrons. The van der Waals surface area contributed by atoms with Gasteiger partial charge in [0.2, 0.25) is 0 Å². The summed E-state index contributed by atoms with van der Waals surface area (Å²) >= 11 is 1.82. The second-order valence-corrected chi connectivity index (χ2v) is 6.35. The molecule has 0 N–H and O–H groups in total.